The van der Waals surface area contributed by atoms with E-state index < -0.39 is 11.8 Å². The predicted molar refractivity (Wildman–Crippen MR) is 23.1 cm³/mol. The summed E-state index contributed by atoms with van der Waals surface area (Å²) >= 11 is 0. The molecule has 0 bridgehead atoms. The number of hydrogen-bond acceptors (Lipinski definition) is 3. The van der Waals surface area contributed by atoms with Gasteiger partial charge in [-0.15, -0.1) is 0 Å². The molecule has 0 atom stereocenters. The van der Waals surface area contributed by atoms with Gasteiger partial charge in [0.05, 0.1) is 0 Å². The average molecular weight is 118 g/mol. The Labute approximate surface area is 46.0 Å². The third-order valence-corrected chi connectivity index (χ3v) is 1.06. The van der Waals surface area contributed by atoms with Crippen LogP contribution in [0.25, 0.3) is 0 Å². The van der Waals surface area contributed by atoms with Crippen molar-refractivity contribution in [1.29, 1.82) is 0 Å². The van der Waals surface area contributed by atoms with Crippen LogP contribution in [0.2, 0.25) is 0 Å². The van der Waals surface area contributed by atoms with Gasteiger partial charge in [0.1, 0.15) is 0 Å². The Kier molecular flexibility index (Phi) is 0.988. The Hall–Kier alpha value is -0.610. The second-order valence-electron chi connectivity index (χ2n) is 1.66. The Bertz CT molecular complexity index is 115. The van der Waals surface area contributed by atoms with Gasteiger partial charge in [0.15, 0.2) is 6.79 Å². The van der Waals surface area contributed by atoms with Gasteiger partial charge < -0.3 is 14.6 Å². The first-order valence-electron chi connectivity index (χ1n) is 2.16. The van der Waals surface area contributed by atoms with Crippen molar-refractivity contribution in [1.82, 2.24) is 0 Å². The summed E-state index contributed by atoms with van der Waals surface area (Å²) in [5.41, 5.74) is 0. The van der Waals surface area contributed by atoms with Gasteiger partial charge in [-0.05, 0) is 0 Å². The smallest absolute Gasteiger partial charge is 0.364 e. The first-order chi connectivity index (χ1) is 3.65. The Morgan fingerprint density at radius 3 is 2.25 bits per heavy atom. The third kappa shape index (κ3) is 0.579. The molecule has 0 aromatic carbocycles. The van der Waals surface area contributed by atoms with Gasteiger partial charge in [-0.25, -0.2) is 4.79 Å². The van der Waals surface area contributed by atoms with Gasteiger partial charge in [0.25, 0.3) is 5.79 Å². The van der Waals surface area contributed by atoms with Crippen LogP contribution in [0.3, 0.4) is 0 Å². The molecule has 1 aliphatic heterocycles. The molecule has 0 unspecified atom stereocenters. The Morgan fingerprint density at radius 2 is 2.25 bits per heavy atom. The lowest BCUT2D eigenvalue weighted by atomic mass is 10.3. The summed E-state index contributed by atoms with van der Waals surface area (Å²) in [6.07, 6.45) is 0. The van der Waals surface area contributed by atoms with E-state index >= 15 is 0 Å². The molecule has 1 N–H and O–H groups in total. The van der Waals surface area contributed by atoms with Gasteiger partial charge in [0.2, 0.25) is 0 Å². The highest BCUT2D eigenvalue weighted by atomic mass is 16.9. The summed E-state index contributed by atoms with van der Waals surface area (Å²) in [7, 11) is 0. The fourth-order valence-electron chi connectivity index (χ4n) is 0.359. The molecule has 1 heterocycles. The number of ether oxygens (including phenoxy) is 2. The second-order valence-corrected chi connectivity index (χ2v) is 1.66. The number of hydrogen-bond donors (Lipinski definition) is 1. The van der Waals surface area contributed by atoms with Crippen LogP contribution < -0.4 is 0 Å². The van der Waals surface area contributed by atoms with Crippen molar-refractivity contribution in [3.8, 4) is 0 Å². The van der Waals surface area contributed by atoms with Crippen LogP contribution in [-0.4, -0.2) is 23.7 Å². The highest BCUT2D eigenvalue weighted by Gasteiger charge is 2.42. The summed E-state index contributed by atoms with van der Waals surface area (Å²) < 4.78 is 9.12. The molecule has 0 aromatic heterocycles. The van der Waals surface area contributed by atoms with Crippen LogP contribution in [0.15, 0.2) is 0 Å². The lowest BCUT2D eigenvalue weighted by molar-refractivity contribution is -0.372. The number of carboxylic acids is 1. The summed E-state index contributed by atoms with van der Waals surface area (Å²) in [6.45, 7) is 1.45. The Balaban J connectivity index is 2.53. The molecule has 1 rings (SSSR count). The molecule has 4 nitrogen and oxygen atoms in total. The lowest BCUT2D eigenvalue weighted by Crippen LogP contribution is -2.50. The molecule has 1 aliphatic rings. The molecule has 0 saturated carbocycles. The standard InChI is InChI=1S/C4H6O4/c1-4(3(5)6)7-2-8-4/h2H2,1H3,(H,5,6). The van der Waals surface area contributed by atoms with E-state index in [9.17, 15) is 4.79 Å². The zero-order valence-corrected chi connectivity index (χ0v) is 4.38. The van der Waals surface area contributed by atoms with E-state index in [0.717, 1.165) is 0 Å². The van der Waals surface area contributed by atoms with Crippen molar-refractivity contribution in [3.05, 3.63) is 0 Å². The number of aliphatic carboxylic acids is 1. The van der Waals surface area contributed by atoms with Gasteiger partial charge in [0, 0.05) is 6.92 Å². The van der Waals surface area contributed by atoms with Gasteiger partial charge in [-0.3, -0.25) is 0 Å². The summed E-state index contributed by atoms with van der Waals surface area (Å²) in [6, 6.07) is 0. The zero-order chi connectivity index (χ0) is 6.20. The van der Waals surface area contributed by atoms with Crippen LogP contribution in [0.1, 0.15) is 6.92 Å². The normalized spacial score (nSPS) is 24.1. The SMILES string of the molecule is CC1(C(=O)O)OCO1. The lowest BCUT2D eigenvalue weighted by Gasteiger charge is -2.33. The molecule has 1 fully saturated rings. The third-order valence-electron chi connectivity index (χ3n) is 1.06. The van der Waals surface area contributed by atoms with E-state index in [-0.39, 0.29) is 6.79 Å². The average Bonchev–Trinajstić information content (AvgIpc) is 1.60. The fourth-order valence-corrected chi connectivity index (χ4v) is 0.359. The maximum atomic E-state index is 10.1. The maximum Gasteiger partial charge on any atom is 0.364 e. The van der Waals surface area contributed by atoms with Gasteiger partial charge >= 0.3 is 5.97 Å². The van der Waals surface area contributed by atoms with Crippen LogP contribution in [0, 0.1) is 0 Å². The molecule has 1 saturated heterocycles. The van der Waals surface area contributed by atoms with Crippen LogP contribution in [0.4, 0.5) is 0 Å². The summed E-state index contributed by atoms with van der Waals surface area (Å²) in [5.74, 6) is -2.44. The minimum atomic E-state index is -1.36. The van der Waals surface area contributed by atoms with Gasteiger partial charge in [-0.1, -0.05) is 0 Å². The number of rotatable bonds is 1. The van der Waals surface area contributed by atoms with Crippen LogP contribution in [-0.2, 0) is 14.3 Å². The van der Waals surface area contributed by atoms with Crippen molar-refractivity contribution in [2.24, 2.45) is 0 Å². The Morgan fingerprint density at radius 1 is 1.75 bits per heavy atom. The highest BCUT2D eigenvalue weighted by Crippen LogP contribution is 2.21. The second kappa shape index (κ2) is 1.43. The van der Waals surface area contributed by atoms with Crippen molar-refractivity contribution in [2.45, 2.75) is 12.7 Å². The van der Waals surface area contributed by atoms with E-state index in [1.807, 2.05) is 0 Å². The van der Waals surface area contributed by atoms with Crippen molar-refractivity contribution in [3.63, 3.8) is 0 Å². The quantitative estimate of drug-likeness (QED) is 0.517. The monoisotopic (exact) mass is 118 g/mol. The number of carbonyl (C=O) groups is 1. The molecule has 8 heavy (non-hydrogen) atoms. The largest absolute Gasteiger partial charge is 0.477 e. The topological polar surface area (TPSA) is 55.8 Å². The predicted octanol–water partition coefficient (Wildman–Crippen LogP) is -0.208. The van der Waals surface area contributed by atoms with Crippen LogP contribution >= 0.6 is 0 Å². The molecule has 0 amide bonds. The number of carboxylic acid groups (broad SMARTS) is 1. The van der Waals surface area contributed by atoms with Crippen molar-refractivity contribution >= 4 is 5.97 Å². The van der Waals surface area contributed by atoms with E-state index in [1.54, 1.807) is 0 Å². The molecule has 4 heteroatoms. The molecule has 46 valence electrons. The summed E-state index contributed by atoms with van der Waals surface area (Å²) in [4.78, 5) is 10.1. The maximum absolute atomic E-state index is 10.1. The van der Waals surface area contributed by atoms with Crippen LogP contribution in [0.5, 0.6) is 0 Å². The molecular formula is C4H6O4. The highest BCUT2D eigenvalue weighted by molar-refractivity contribution is 5.75. The molecular weight excluding hydrogens is 112 g/mol. The molecule has 0 spiro atoms. The van der Waals surface area contributed by atoms with E-state index in [1.165, 1.54) is 6.92 Å². The first kappa shape index (κ1) is 5.53. The van der Waals surface area contributed by atoms with Crippen molar-refractivity contribution < 1.29 is 19.4 Å². The minimum absolute atomic E-state index is 0.0861. The van der Waals surface area contributed by atoms with Crippen molar-refractivity contribution in [2.75, 3.05) is 6.79 Å². The molecule has 0 radical (unpaired) electrons. The first-order valence-corrected chi connectivity index (χ1v) is 2.16. The zero-order valence-electron chi connectivity index (χ0n) is 4.38. The minimum Gasteiger partial charge on any atom is -0.477 e. The van der Waals surface area contributed by atoms with E-state index in [2.05, 4.69) is 9.47 Å². The van der Waals surface area contributed by atoms with E-state index in [4.69, 9.17) is 5.11 Å². The molecule has 0 aromatic rings. The van der Waals surface area contributed by atoms with E-state index in [0.29, 0.717) is 0 Å². The summed E-state index contributed by atoms with van der Waals surface area (Å²) in [5, 5.41) is 8.24. The fraction of sp³-hybridized carbons (Fsp3) is 0.750. The molecule has 0 aliphatic carbocycles. The van der Waals surface area contributed by atoms with Gasteiger partial charge in [-0.2, -0.15) is 0 Å².